The summed E-state index contributed by atoms with van der Waals surface area (Å²) in [6.07, 6.45) is 1.76. The Bertz CT molecular complexity index is 886. The van der Waals surface area contributed by atoms with Gasteiger partial charge in [-0.3, -0.25) is 20.4 Å². The van der Waals surface area contributed by atoms with Crippen LogP contribution in [0.15, 0.2) is 72.9 Å². The number of rotatable bonds is 5. The number of nitrogens with zero attached hydrogens (tertiary/aromatic N) is 1. The SMILES string of the molecule is Cn1cccc1C(=O)NNC(=O)c1ccc(COc2ccccc2)cc1. The number of carbonyl (C=O) groups is 2. The van der Waals surface area contributed by atoms with E-state index in [-0.39, 0.29) is 11.8 Å². The number of para-hydroxylation sites is 1. The second-order valence-electron chi connectivity index (χ2n) is 5.71. The van der Waals surface area contributed by atoms with Crippen LogP contribution in [0.5, 0.6) is 5.75 Å². The predicted molar refractivity (Wildman–Crippen MR) is 97.6 cm³/mol. The molecule has 0 saturated heterocycles. The van der Waals surface area contributed by atoms with Crippen molar-refractivity contribution in [1.29, 1.82) is 0 Å². The van der Waals surface area contributed by atoms with Gasteiger partial charge in [-0.1, -0.05) is 30.3 Å². The lowest BCUT2D eigenvalue weighted by molar-refractivity contribution is 0.0842. The van der Waals surface area contributed by atoms with Crippen LogP contribution in [-0.2, 0) is 13.7 Å². The number of benzene rings is 2. The molecule has 0 radical (unpaired) electrons. The van der Waals surface area contributed by atoms with E-state index in [1.54, 1.807) is 42.1 Å². The molecular formula is C20H19N3O3. The van der Waals surface area contributed by atoms with Crippen LogP contribution in [0.25, 0.3) is 0 Å². The zero-order valence-electron chi connectivity index (χ0n) is 14.3. The Balaban J connectivity index is 1.52. The number of nitrogens with one attached hydrogen (secondary N) is 2. The second kappa shape index (κ2) is 8.02. The van der Waals surface area contributed by atoms with E-state index in [0.29, 0.717) is 17.9 Å². The molecule has 2 amide bonds. The number of aromatic nitrogens is 1. The number of hydrogen-bond donors (Lipinski definition) is 2. The standard InChI is InChI=1S/C20H19N3O3/c1-23-13-5-8-18(23)20(25)22-21-19(24)16-11-9-15(10-12-16)14-26-17-6-3-2-4-7-17/h2-13H,14H2,1H3,(H,21,24)(H,22,25). The topological polar surface area (TPSA) is 72.4 Å². The minimum Gasteiger partial charge on any atom is -0.489 e. The Morgan fingerprint density at radius 2 is 1.58 bits per heavy atom. The maximum Gasteiger partial charge on any atom is 0.286 e. The summed E-state index contributed by atoms with van der Waals surface area (Å²) in [6.45, 7) is 0.413. The van der Waals surface area contributed by atoms with Gasteiger partial charge >= 0.3 is 0 Å². The fraction of sp³-hybridized carbons (Fsp3) is 0.100. The molecule has 0 bridgehead atoms. The van der Waals surface area contributed by atoms with Gasteiger partial charge in [0.25, 0.3) is 11.8 Å². The average molecular weight is 349 g/mol. The first kappa shape index (κ1) is 17.3. The highest BCUT2D eigenvalue weighted by atomic mass is 16.5. The summed E-state index contributed by atoms with van der Waals surface area (Å²) in [4.78, 5) is 24.1. The third-order valence-corrected chi connectivity index (χ3v) is 3.83. The molecule has 1 heterocycles. The molecule has 0 spiro atoms. The number of amides is 2. The molecule has 6 heteroatoms. The van der Waals surface area contributed by atoms with Gasteiger partial charge in [0, 0.05) is 18.8 Å². The van der Waals surface area contributed by atoms with E-state index in [1.165, 1.54) is 0 Å². The number of ether oxygens (including phenoxy) is 1. The number of hydrazine groups is 1. The van der Waals surface area contributed by atoms with Gasteiger partial charge in [0.05, 0.1) is 0 Å². The van der Waals surface area contributed by atoms with Gasteiger partial charge in [-0.2, -0.15) is 0 Å². The van der Waals surface area contributed by atoms with E-state index in [1.807, 2.05) is 42.5 Å². The molecule has 0 aliphatic carbocycles. The highest BCUT2D eigenvalue weighted by Crippen LogP contribution is 2.12. The van der Waals surface area contributed by atoms with Crippen LogP contribution < -0.4 is 15.6 Å². The van der Waals surface area contributed by atoms with Crippen molar-refractivity contribution in [2.75, 3.05) is 0 Å². The molecule has 132 valence electrons. The lowest BCUT2D eigenvalue weighted by atomic mass is 10.1. The first-order valence-electron chi connectivity index (χ1n) is 8.12. The summed E-state index contributed by atoms with van der Waals surface area (Å²) in [6, 6.07) is 20.0. The largest absolute Gasteiger partial charge is 0.489 e. The minimum absolute atomic E-state index is 0.376. The highest BCUT2D eigenvalue weighted by molar-refractivity contribution is 5.98. The monoisotopic (exact) mass is 349 g/mol. The van der Waals surface area contributed by atoms with Crippen LogP contribution >= 0.6 is 0 Å². The van der Waals surface area contributed by atoms with E-state index in [9.17, 15) is 9.59 Å². The molecule has 0 fully saturated rings. The van der Waals surface area contributed by atoms with Crippen LogP contribution in [0.3, 0.4) is 0 Å². The van der Waals surface area contributed by atoms with Gasteiger partial charge in [0.15, 0.2) is 0 Å². The predicted octanol–water partition coefficient (Wildman–Crippen LogP) is 2.68. The Morgan fingerprint density at radius 1 is 0.885 bits per heavy atom. The smallest absolute Gasteiger partial charge is 0.286 e. The summed E-state index contributed by atoms with van der Waals surface area (Å²) < 4.78 is 7.33. The Kier molecular flexibility index (Phi) is 5.34. The molecule has 0 saturated carbocycles. The molecule has 0 aliphatic heterocycles. The first-order valence-corrected chi connectivity index (χ1v) is 8.12. The molecule has 2 aromatic carbocycles. The Hall–Kier alpha value is -3.54. The van der Waals surface area contributed by atoms with Gasteiger partial charge in [-0.05, 0) is 42.0 Å². The average Bonchev–Trinajstić information content (AvgIpc) is 3.11. The molecule has 1 aromatic heterocycles. The zero-order chi connectivity index (χ0) is 18.4. The van der Waals surface area contributed by atoms with E-state index in [0.717, 1.165) is 11.3 Å². The molecule has 26 heavy (non-hydrogen) atoms. The molecule has 6 nitrogen and oxygen atoms in total. The fourth-order valence-corrected chi connectivity index (χ4v) is 2.38. The maximum atomic E-state index is 12.1. The lowest BCUT2D eigenvalue weighted by Crippen LogP contribution is -2.42. The molecule has 3 rings (SSSR count). The lowest BCUT2D eigenvalue weighted by Gasteiger charge is -2.09. The molecular weight excluding hydrogens is 330 g/mol. The molecule has 0 unspecified atom stereocenters. The van der Waals surface area contributed by atoms with Crippen LogP contribution in [0.1, 0.15) is 26.4 Å². The van der Waals surface area contributed by atoms with Gasteiger partial charge in [-0.25, -0.2) is 0 Å². The maximum absolute atomic E-state index is 12.1. The van der Waals surface area contributed by atoms with Crippen LogP contribution in [0.2, 0.25) is 0 Å². The second-order valence-corrected chi connectivity index (χ2v) is 5.71. The fourth-order valence-electron chi connectivity index (χ4n) is 2.38. The molecule has 0 atom stereocenters. The van der Waals surface area contributed by atoms with Crippen LogP contribution in [0, 0.1) is 0 Å². The van der Waals surface area contributed by atoms with E-state index in [2.05, 4.69) is 10.9 Å². The summed E-state index contributed by atoms with van der Waals surface area (Å²) in [5.74, 6) is 0.0273. The molecule has 0 aliphatic rings. The van der Waals surface area contributed by atoms with Gasteiger partial charge in [0.1, 0.15) is 18.1 Å². The van der Waals surface area contributed by atoms with Crippen LogP contribution in [0.4, 0.5) is 0 Å². The van der Waals surface area contributed by atoms with E-state index >= 15 is 0 Å². The van der Waals surface area contributed by atoms with Gasteiger partial charge < -0.3 is 9.30 Å². The third kappa shape index (κ3) is 4.30. The summed E-state index contributed by atoms with van der Waals surface area (Å²) in [7, 11) is 1.76. The van der Waals surface area contributed by atoms with Crippen molar-refractivity contribution in [3.05, 3.63) is 89.7 Å². The molecule has 2 N–H and O–H groups in total. The van der Waals surface area contributed by atoms with Crippen molar-refractivity contribution in [2.24, 2.45) is 7.05 Å². The summed E-state index contributed by atoms with van der Waals surface area (Å²) in [5, 5.41) is 0. The highest BCUT2D eigenvalue weighted by Gasteiger charge is 2.11. The van der Waals surface area contributed by atoms with Crippen molar-refractivity contribution in [2.45, 2.75) is 6.61 Å². The third-order valence-electron chi connectivity index (χ3n) is 3.83. The van der Waals surface area contributed by atoms with Gasteiger partial charge in [-0.15, -0.1) is 0 Å². The number of carbonyl (C=O) groups excluding carboxylic acids is 2. The van der Waals surface area contributed by atoms with Crippen molar-refractivity contribution >= 4 is 11.8 Å². The van der Waals surface area contributed by atoms with Crippen molar-refractivity contribution in [3.8, 4) is 5.75 Å². The Labute approximate surface area is 151 Å². The van der Waals surface area contributed by atoms with Crippen LogP contribution in [-0.4, -0.2) is 16.4 Å². The number of aryl methyl sites for hydroxylation is 1. The van der Waals surface area contributed by atoms with Gasteiger partial charge in [0.2, 0.25) is 0 Å². The minimum atomic E-state index is -0.386. The van der Waals surface area contributed by atoms with Crippen molar-refractivity contribution < 1.29 is 14.3 Å². The van der Waals surface area contributed by atoms with E-state index < -0.39 is 0 Å². The normalized spacial score (nSPS) is 10.2. The Morgan fingerprint density at radius 3 is 2.23 bits per heavy atom. The number of hydrogen-bond acceptors (Lipinski definition) is 3. The van der Waals surface area contributed by atoms with E-state index in [4.69, 9.17) is 4.74 Å². The summed E-state index contributed by atoms with van der Waals surface area (Å²) >= 11 is 0. The quantitative estimate of drug-likeness (QED) is 0.696. The van der Waals surface area contributed by atoms with Crippen molar-refractivity contribution in [3.63, 3.8) is 0 Å². The first-order chi connectivity index (χ1) is 12.6. The zero-order valence-corrected chi connectivity index (χ0v) is 14.3. The van der Waals surface area contributed by atoms with Crippen molar-refractivity contribution in [1.82, 2.24) is 15.4 Å². The summed E-state index contributed by atoms with van der Waals surface area (Å²) in [5.41, 5.74) is 6.65. The molecule has 3 aromatic rings.